The Morgan fingerprint density at radius 2 is 1.97 bits per heavy atom. The number of rotatable bonds is 3. The Balaban J connectivity index is 1.39. The molecular formula is C26H27NO3. The van der Waals surface area contributed by atoms with Crippen LogP contribution in [-0.2, 0) is 16.6 Å². The van der Waals surface area contributed by atoms with Gasteiger partial charge in [0.15, 0.2) is 23.4 Å². The highest BCUT2D eigenvalue weighted by molar-refractivity contribution is 5.94. The van der Waals surface area contributed by atoms with Crippen molar-refractivity contribution in [2.24, 2.45) is 11.8 Å². The summed E-state index contributed by atoms with van der Waals surface area (Å²) in [6.45, 7) is 2.24. The molecule has 3 fully saturated rings. The molecule has 3 aliphatic carbocycles. The number of hydrogen-bond acceptors (Lipinski definition) is 4. The van der Waals surface area contributed by atoms with E-state index in [4.69, 9.17) is 4.74 Å². The molecule has 2 bridgehead atoms. The number of nitrogens with zero attached hydrogens (tertiary/aromatic N) is 1. The Morgan fingerprint density at radius 3 is 2.77 bits per heavy atom. The van der Waals surface area contributed by atoms with Crippen molar-refractivity contribution in [3.63, 3.8) is 0 Å². The molecule has 1 saturated heterocycles. The van der Waals surface area contributed by atoms with Crippen LogP contribution in [0.2, 0.25) is 0 Å². The summed E-state index contributed by atoms with van der Waals surface area (Å²) in [4.78, 5) is 16.5. The molecule has 5 atom stereocenters. The molecule has 0 aromatic heterocycles. The van der Waals surface area contributed by atoms with Crippen LogP contribution in [0.25, 0.3) is 0 Å². The molecule has 5 aliphatic rings. The summed E-state index contributed by atoms with van der Waals surface area (Å²) in [6, 6.07) is 14.6. The van der Waals surface area contributed by atoms with Gasteiger partial charge in [-0.05, 0) is 67.7 Å². The van der Waals surface area contributed by atoms with Crippen LogP contribution in [0.15, 0.2) is 42.5 Å². The molecule has 2 aliphatic heterocycles. The van der Waals surface area contributed by atoms with Gasteiger partial charge >= 0.3 is 0 Å². The Labute approximate surface area is 176 Å². The number of ketones is 1. The van der Waals surface area contributed by atoms with E-state index in [0.717, 1.165) is 37.3 Å². The van der Waals surface area contributed by atoms with E-state index in [-0.39, 0.29) is 22.9 Å². The number of hydrogen-bond donors (Lipinski definition) is 1. The molecule has 1 N–H and O–H groups in total. The van der Waals surface area contributed by atoms with Crippen LogP contribution >= 0.6 is 0 Å². The van der Waals surface area contributed by atoms with Crippen LogP contribution < -0.4 is 4.74 Å². The minimum Gasteiger partial charge on any atom is -0.504 e. The van der Waals surface area contributed by atoms with Gasteiger partial charge in [-0.25, -0.2) is 0 Å². The first-order valence-corrected chi connectivity index (χ1v) is 11.5. The van der Waals surface area contributed by atoms with Gasteiger partial charge in [-0.2, -0.15) is 0 Å². The molecule has 2 heterocycles. The molecule has 1 spiro atoms. The Hall–Kier alpha value is -2.33. The van der Waals surface area contributed by atoms with Gasteiger partial charge in [0.2, 0.25) is 0 Å². The Kier molecular flexibility index (Phi) is 3.40. The third kappa shape index (κ3) is 2.13. The van der Waals surface area contributed by atoms with Gasteiger partial charge < -0.3 is 9.84 Å². The van der Waals surface area contributed by atoms with E-state index in [1.54, 1.807) is 6.07 Å². The summed E-state index contributed by atoms with van der Waals surface area (Å²) in [7, 11) is 0. The minimum atomic E-state index is -0.464. The SMILES string of the molecule is O=C1[C@@H](c2ccccc2)C[C@H]2[C@H]3Cc4ccc(O)c5c4[C@@]2(CCN3CC2CC2)[C@H]1O5. The monoisotopic (exact) mass is 401 g/mol. The molecule has 0 unspecified atom stereocenters. The highest BCUT2D eigenvalue weighted by Gasteiger charge is 2.67. The van der Waals surface area contributed by atoms with Gasteiger partial charge in [-0.3, -0.25) is 9.69 Å². The summed E-state index contributed by atoms with van der Waals surface area (Å²) < 4.78 is 6.38. The number of Topliss-reactive ketones (excluding diaryl/α,β-unsaturated/α-hetero) is 1. The van der Waals surface area contributed by atoms with Gasteiger partial charge in [0.1, 0.15) is 0 Å². The van der Waals surface area contributed by atoms with Gasteiger partial charge in [-0.1, -0.05) is 36.4 Å². The number of ether oxygens (including phenoxy) is 1. The lowest BCUT2D eigenvalue weighted by Gasteiger charge is -2.59. The van der Waals surface area contributed by atoms with Gasteiger partial charge in [0, 0.05) is 29.5 Å². The summed E-state index contributed by atoms with van der Waals surface area (Å²) in [5, 5.41) is 10.6. The smallest absolute Gasteiger partial charge is 0.181 e. The summed E-state index contributed by atoms with van der Waals surface area (Å²) in [6.07, 6.45) is 5.13. The zero-order chi connectivity index (χ0) is 20.0. The lowest BCUT2D eigenvalue weighted by Crippen LogP contribution is -2.67. The van der Waals surface area contributed by atoms with Crippen LogP contribution in [0.5, 0.6) is 11.5 Å². The number of phenolic OH excluding ortho intramolecular Hbond substituents is 1. The standard InChI is InChI=1S/C26H27NO3/c28-21-9-8-17-12-20-19-13-18(16-4-2-1-3-5-16)23(29)25-26(19,22(17)24(21)30-25)10-11-27(20)14-15-6-7-15/h1-5,8-9,15,18-20,25,28H,6-7,10-14H2/t18-,19+,20-,25+,26+/m1/s1. The molecule has 154 valence electrons. The number of piperidine rings is 1. The van der Waals surface area contributed by atoms with Crippen LogP contribution in [-0.4, -0.2) is 41.0 Å². The molecule has 2 aromatic carbocycles. The van der Waals surface area contributed by atoms with Crippen molar-refractivity contribution in [3.05, 3.63) is 59.2 Å². The number of phenols is 1. The Morgan fingerprint density at radius 1 is 1.13 bits per heavy atom. The van der Waals surface area contributed by atoms with Crippen LogP contribution in [0.1, 0.15) is 48.3 Å². The van der Waals surface area contributed by atoms with Crippen LogP contribution in [0.4, 0.5) is 0 Å². The van der Waals surface area contributed by atoms with Crippen molar-refractivity contribution < 1.29 is 14.6 Å². The fourth-order valence-corrected chi connectivity index (χ4v) is 7.25. The molecule has 2 saturated carbocycles. The van der Waals surface area contributed by atoms with Gasteiger partial charge in [0.05, 0.1) is 0 Å². The highest BCUT2D eigenvalue weighted by Crippen LogP contribution is 2.64. The Bertz CT molecular complexity index is 1050. The number of benzene rings is 2. The second kappa shape index (κ2) is 5.88. The number of aromatic hydroxyl groups is 1. The van der Waals surface area contributed by atoms with E-state index < -0.39 is 6.10 Å². The van der Waals surface area contributed by atoms with E-state index in [1.165, 1.54) is 30.5 Å². The van der Waals surface area contributed by atoms with Crippen molar-refractivity contribution in [2.45, 2.75) is 55.6 Å². The first-order chi connectivity index (χ1) is 14.7. The average molecular weight is 402 g/mol. The lowest BCUT2D eigenvalue weighted by atomic mass is 9.49. The zero-order valence-corrected chi connectivity index (χ0v) is 17.1. The second-order valence-corrected chi connectivity index (χ2v) is 10.2. The summed E-state index contributed by atoms with van der Waals surface area (Å²) in [5.74, 6) is 2.14. The van der Waals surface area contributed by atoms with E-state index >= 15 is 0 Å². The normalized spacial score (nSPS) is 36.3. The van der Waals surface area contributed by atoms with E-state index in [0.29, 0.717) is 17.7 Å². The quantitative estimate of drug-likeness (QED) is 0.850. The summed E-state index contributed by atoms with van der Waals surface area (Å²) in [5.41, 5.74) is 3.31. The maximum Gasteiger partial charge on any atom is 0.181 e. The van der Waals surface area contributed by atoms with E-state index in [9.17, 15) is 9.90 Å². The van der Waals surface area contributed by atoms with Crippen molar-refractivity contribution >= 4 is 5.78 Å². The maximum atomic E-state index is 13.8. The first kappa shape index (κ1) is 17.4. The van der Waals surface area contributed by atoms with E-state index in [1.807, 2.05) is 18.2 Å². The molecule has 0 amide bonds. The molecular weight excluding hydrogens is 374 g/mol. The lowest BCUT2D eigenvalue weighted by molar-refractivity contribution is -0.141. The number of carbonyl (C=O) groups excluding carboxylic acids is 1. The first-order valence-electron chi connectivity index (χ1n) is 11.5. The number of likely N-dealkylation sites (tertiary alicyclic amines) is 1. The minimum absolute atomic E-state index is 0.115. The molecule has 4 heteroatoms. The fraction of sp³-hybridized carbons (Fsp3) is 0.500. The molecule has 4 nitrogen and oxygen atoms in total. The highest BCUT2D eigenvalue weighted by atomic mass is 16.5. The largest absolute Gasteiger partial charge is 0.504 e. The average Bonchev–Trinajstić information content (AvgIpc) is 3.51. The summed E-state index contributed by atoms with van der Waals surface area (Å²) >= 11 is 0. The van der Waals surface area contributed by atoms with Crippen molar-refractivity contribution in [1.82, 2.24) is 4.90 Å². The van der Waals surface area contributed by atoms with Crippen molar-refractivity contribution in [1.29, 1.82) is 0 Å². The second-order valence-electron chi connectivity index (χ2n) is 10.2. The van der Waals surface area contributed by atoms with Crippen molar-refractivity contribution in [3.8, 4) is 11.5 Å². The zero-order valence-electron chi connectivity index (χ0n) is 17.1. The molecule has 7 rings (SSSR count). The molecule has 2 aromatic rings. The topological polar surface area (TPSA) is 49.8 Å². The fourth-order valence-electron chi connectivity index (χ4n) is 7.25. The van der Waals surface area contributed by atoms with Crippen LogP contribution in [0.3, 0.4) is 0 Å². The predicted molar refractivity (Wildman–Crippen MR) is 113 cm³/mol. The van der Waals surface area contributed by atoms with Gasteiger partial charge in [-0.15, -0.1) is 0 Å². The van der Waals surface area contributed by atoms with E-state index in [2.05, 4.69) is 23.1 Å². The van der Waals surface area contributed by atoms with Gasteiger partial charge in [0.25, 0.3) is 0 Å². The third-order valence-corrected chi connectivity index (χ3v) is 8.71. The molecule has 0 radical (unpaired) electrons. The maximum absolute atomic E-state index is 13.8. The predicted octanol–water partition coefficient (Wildman–Crippen LogP) is 3.80. The van der Waals surface area contributed by atoms with Crippen LogP contribution in [0, 0.1) is 11.8 Å². The number of carbonyl (C=O) groups is 1. The van der Waals surface area contributed by atoms with Crippen molar-refractivity contribution in [2.75, 3.05) is 13.1 Å². The molecule has 30 heavy (non-hydrogen) atoms. The third-order valence-electron chi connectivity index (χ3n) is 8.71.